The Balaban J connectivity index is 1.57. The van der Waals surface area contributed by atoms with Gasteiger partial charge in [0.1, 0.15) is 29.2 Å². The van der Waals surface area contributed by atoms with Gasteiger partial charge in [0.05, 0.1) is 37.8 Å². The molecule has 34 heavy (non-hydrogen) atoms. The highest BCUT2D eigenvalue weighted by Gasteiger charge is 2.43. The van der Waals surface area contributed by atoms with E-state index in [9.17, 15) is 10.2 Å². The van der Waals surface area contributed by atoms with Gasteiger partial charge in [-0.2, -0.15) is 0 Å². The molecule has 2 saturated heterocycles. The number of benzene rings is 1. The highest BCUT2D eigenvalue weighted by atomic mass is 35.5. The van der Waals surface area contributed by atoms with Crippen molar-refractivity contribution in [2.45, 2.75) is 70.3 Å². The average Bonchev–Trinajstić information content (AvgIpc) is 3.34. The molecule has 0 spiro atoms. The molecule has 2 aromatic heterocycles. The largest absolute Gasteiger partial charge is 0.388 e. The first kappa shape index (κ1) is 18.9. The minimum absolute atomic E-state index is 0.0753. The van der Waals surface area contributed by atoms with Crippen LogP contribution in [0.4, 0.5) is 10.3 Å². The standard InChI is InChI=1S/C23H27ClFN5O4/c1-10(2)30-15-6-11(5-13(25)19(15)28-21(30)23(3,4)32)18-12(24)8-26-22(29-18)27-14-7-17-33-9-16(34-17)20(14)31/h5-6,8,10,14,16-17,20,31-32H,7,9H2,1-4H3,(H,26,27,29)/t14?,16-,17-,20-/m0/s1/i7D2,9D2. The molecule has 1 aromatic carbocycles. The lowest BCUT2D eigenvalue weighted by atomic mass is 10.0. The third kappa shape index (κ3) is 4.03. The summed E-state index contributed by atoms with van der Waals surface area (Å²) in [5, 5.41) is 24.2. The van der Waals surface area contributed by atoms with Gasteiger partial charge in [0, 0.05) is 20.7 Å². The maximum Gasteiger partial charge on any atom is 0.223 e. The van der Waals surface area contributed by atoms with Crippen molar-refractivity contribution in [2.75, 3.05) is 11.9 Å². The molecule has 182 valence electrons. The van der Waals surface area contributed by atoms with Gasteiger partial charge in [-0.3, -0.25) is 0 Å². The Labute approximate surface area is 206 Å². The average molecular weight is 496 g/mol. The summed E-state index contributed by atoms with van der Waals surface area (Å²) in [6.07, 6.45) is -5.74. The van der Waals surface area contributed by atoms with Crippen LogP contribution in [0.5, 0.6) is 0 Å². The molecule has 0 aliphatic carbocycles. The molecule has 4 heterocycles. The Kier molecular flexibility index (Phi) is 4.66. The first-order valence-electron chi connectivity index (χ1n) is 12.8. The summed E-state index contributed by atoms with van der Waals surface area (Å²) < 4.78 is 59.9. The fraction of sp³-hybridized carbons (Fsp3) is 0.522. The van der Waals surface area contributed by atoms with Gasteiger partial charge in [-0.1, -0.05) is 11.6 Å². The van der Waals surface area contributed by atoms with E-state index < -0.39 is 48.9 Å². The van der Waals surface area contributed by atoms with E-state index in [2.05, 4.69) is 20.3 Å². The van der Waals surface area contributed by atoms with Crippen LogP contribution in [-0.4, -0.2) is 60.8 Å². The quantitative estimate of drug-likeness (QED) is 0.493. The summed E-state index contributed by atoms with van der Waals surface area (Å²) in [5.41, 5.74) is -0.426. The number of aromatic nitrogens is 4. The maximum absolute atomic E-state index is 15.3. The second kappa shape index (κ2) is 8.39. The number of nitrogens with one attached hydrogen (secondary N) is 1. The lowest BCUT2D eigenvalue weighted by Crippen LogP contribution is -2.48. The van der Waals surface area contributed by atoms with E-state index in [0.29, 0.717) is 11.3 Å². The third-order valence-electron chi connectivity index (χ3n) is 5.64. The molecular formula is C23H27ClFN5O4. The molecular weight excluding hydrogens is 465 g/mol. The van der Waals surface area contributed by atoms with Gasteiger partial charge in [-0.05, 0) is 39.8 Å². The van der Waals surface area contributed by atoms with Crippen molar-refractivity contribution in [1.29, 1.82) is 0 Å². The van der Waals surface area contributed by atoms with Crippen LogP contribution in [0.1, 0.15) is 51.4 Å². The van der Waals surface area contributed by atoms with Crippen molar-refractivity contribution in [2.24, 2.45) is 0 Å². The van der Waals surface area contributed by atoms with Crippen LogP contribution in [-0.2, 0) is 15.1 Å². The Bertz CT molecular complexity index is 1420. The molecule has 11 heteroatoms. The Morgan fingerprint density at radius 1 is 1.35 bits per heavy atom. The number of ether oxygens (including phenoxy) is 2. The van der Waals surface area contributed by atoms with Crippen molar-refractivity contribution in [1.82, 2.24) is 19.5 Å². The number of hydrogen-bond acceptors (Lipinski definition) is 8. The number of halogens is 2. The molecule has 0 radical (unpaired) electrons. The van der Waals surface area contributed by atoms with Crippen molar-refractivity contribution in [3.63, 3.8) is 0 Å². The third-order valence-corrected chi connectivity index (χ3v) is 5.92. The number of hydrogen-bond donors (Lipinski definition) is 3. The van der Waals surface area contributed by atoms with Crippen molar-refractivity contribution < 1.29 is 29.6 Å². The zero-order valence-corrected chi connectivity index (χ0v) is 19.6. The normalized spacial score (nSPS) is 29.6. The van der Waals surface area contributed by atoms with E-state index in [4.69, 9.17) is 26.6 Å². The van der Waals surface area contributed by atoms with Gasteiger partial charge < -0.3 is 29.6 Å². The second-order valence-corrected chi connectivity index (χ2v) is 9.48. The topological polar surface area (TPSA) is 115 Å². The molecule has 4 atom stereocenters. The highest BCUT2D eigenvalue weighted by Crippen LogP contribution is 2.35. The molecule has 9 nitrogen and oxygen atoms in total. The number of rotatable bonds is 5. The second-order valence-electron chi connectivity index (χ2n) is 9.08. The summed E-state index contributed by atoms with van der Waals surface area (Å²) in [6, 6.07) is 1.29. The molecule has 2 aliphatic rings. The number of aliphatic hydroxyl groups is 2. The molecule has 2 bridgehead atoms. The van der Waals surface area contributed by atoms with E-state index in [1.54, 1.807) is 24.5 Å². The van der Waals surface area contributed by atoms with Crippen molar-refractivity contribution in [3.05, 3.63) is 35.0 Å². The number of aliphatic hydroxyl groups excluding tert-OH is 1. The fourth-order valence-corrected chi connectivity index (χ4v) is 4.31. The molecule has 3 N–H and O–H groups in total. The SMILES string of the molecule is [2H]C1([2H])O[C@H]2O[C@@H]1[C@@H](O)C(Nc1ncc(Cl)c(-c3cc(F)c4nc(C(C)(C)O)n(C(C)C)c4c3)n1)C2([2H])[2H]. The molecule has 2 fully saturated rings. The zero-order chi connectivity index (χ0) is 27.9. The minimum Gasteiger partial charge on any atom is -0.388 e. The summed E-state index contributed by atoms with van der Waals surface area (Å²) >= 11 is 6.38. The van der Waals surface area contributed by atoms with E-state index in [1.165, 1.54) is 12.3 Å². The fourth-order valence-electron chi connectivity index (χ4n) is 4.11. The van der Waals surface area contributed by atoms with Crippen LogP contribution >= 0.6 is 11.6 Å². The van der Waals surface area contributed by atoms with Gasteiger partial charge >= 0.3 is 0 Å². The predicted molar refractivity (Wildman–Crippen MR) is 124 cm³/mol. The molecule has 5 rings (SSSR count). The van der Waals surface area contributed by atoms with E-state index in [-0.39, 0.29) is 33.8 Å². The minimum atomic E-state index is -2.39. The predicted octanol–water partition coefficient (Wildman–Crippen LogP) is 3.38. The number of imidazole rings is 1. The smallest absolute Gasteiger partial charge is 0.223 e. The molecule has 3 aromatic rings. The van der Waals surface area contributed by atoms with Crippen LogP contribution < -0.4 is 5.32 Å². The van der Waals surface area contributed by atoms with E-state index in [0.717, 1.165) is 0 Å². The summed E-state index contributed by atoms with van der Waals surface area (Å²) in [5.74, 6) is -0.491. The van der Waals surface area contributed by atoms with Crippen LogP contribution in [0.3, 0.4) is 0 Å². The first-order chi connectivity index (χ1) is 17.5. The van der Waals surface area contributed by atoms with E-state index >= 15 is 4.39 Å². The van der Waals surface area contributed by atoms with Crippen molar-refractivity contribution in [3.8, 4) is 11.3 Å². The van der Waals surface area contributed by atoms with Crippen LogP contribution in [0.2, 0.25) is 5.02 Å². The van der Waals surface area contributed by atoms with Crippen LogP contribution in [0.25, 0.3) is 22.3 Å². The van der Waals surface area contributed by atoms with Crippen LogP contribution in [0, 0.1) is 5.82 Å². The molecule has 2 aliphatic heterocycles. The number of nitrogens with zero attached hydrogens (tertiary/aromatic N) is 4. The Morgan fingerprint density at radius 3 is 2.82 bits per heavy atom. The summed E-state index contributed by atoms with van der Waals surface area (Å²) in [6.45, 7) is 4.50. The lowest BCUT2D eigenvalue weighted by molar-refractivity contribution is -0.123. The molecule has 1 unspecified atom stereocenters. The maximum atomic E-state index is 15.3. The van der Waals surface area contributed by atoms with Crippen LogP contribution in [0.15, 0.2) is 18.3 Å². The van der Waals surface area contributed by atoms with Gasteiger partial charge in [-0.15, -0.1) is 0 Å². The summed E-state index contributed by atoms with van der Waals surface area (Å²) in [7, 11) is 0. The van der Waals surface area contributed by atoms with Gasteiger partial charge in [0.25, 0.3) is 0 Å². The van der Waals surface area contributed by atoms with E-state index in [1.807, 2.05) is 13.8 Å². The monoisotopic (exact) mass is 495 g/mol. The van der Waals surface area contributed by atoms with Gasteiger partial charge in [0.2, 0.25) is 5.95 Å². The molecule has 0 saturated carbocycles. The van der Waals surface area contributed by atoms with Gasteiger partial charge in [0.15, 0.2) is 12.1 Å². The van der Waals surface area contributed by atoms with Gasteiger partial charge in [-0.25, -0.2) is 19.3 Å². The molecule has 0 amide bonds. The first-order valence-corrected chi connectivity index (χ1v) is 11.2. The Hall–Kier alpha value is -2.37. The zero-order valence-electron chi connectivity index (χ0n) is 22.9. The number of fused-ring (bicyclic) bond motifs is 3. The number of anilines is 1. The summed E-state index contributed by atoms with van der Waals surface area (Å²) in [4.78, 5) is 12.8. The highest BCUT2D eigenvalue weighted by molar-refractivity contribution is 6.33. The van der Waals surface area contributed by atoms with Crippen molar-refractivity contribution >= 4 is 28.6 Å². The lowest BCUT2D eigenvalue weighted by Gasteiger charge is -2.32. The Morgan fingerprint density at radius 2 is 2.12 bits per heavy atom.